The van der Waals surface area contributed by atoms with E-state index in [4.69, 9.17) is 11.6 Å². The summed E-state index contributed by atoms with van der Waals surface area (Å²) >= 11 is 5.91. The van der Waals surface area contributed by atoms with E-state index in [1.807, 2.05) is 4.57 Å². The summed E-state index contributed by atoms with van der Waals surface area (Å²) in [6.45, 7) is 1.68. The van der Waals surface area contributed by atoms with E-state index in [1.165, 1.54) is 6.07 Å². The molecule has 1 aromatic heterocycles. The summed E-state index contributed by atoms with van der Waals surface area (Å²) in [6, 6.07) is 2.92. The first-order valence-electron chi connectivity index (χ1n) is 6.34. The van der Waals surface area contributed by atoms with E-state index < -0.39 is 9.84 Å². The van der Waals surface area contributed by atoms with Crippen molar-refractivity contribution in [2.24, 2.45) is 0 Å². The molecule has 1 aliphatic heterocycles. The van der Waals surface area contributed by atoms with Crippen molar-refractivity contribution < 1.29 is 12.8 Å². The number of fused-ring (bicyclic) bond motifs is 1. The molecule has 0 bridgehead atoms. The van der Waals surface area contributed by atoms with Gasteiger partial charge in [-0.25, -0.2) is 17.8 Å². The molecule has 0 N–H and O–H groups in total. The third kappa shape index (κ3) is 2.20. The van der Waals surface area contributed by atoms with Gasteiger partial charge in [-0.2, -0.15) is 0 Å². The number of imidazole rings is 1. The molecule has 0 aliphatic carbocycles. The van der Waals surface area contributed by atoms with Crippen molar-refractivity contribution in [1.82, 2.24) is 9.55 Å². The van der Waals surface area contributed by atoms with Crippen LogP contribution in [0.15, 0.2) is 12.1 Å². The second-order valence-corrected chi connectivity index (χ2v) is 7.67. The van der Waals surface area contributed by atoms with Crippen LogP contribution >= 0.6 is 11.6 Å². The molecule has 1 aliphatic rings. The van der Waals surface area contributed by atoms with Gasteiger partial charge in [-0.3, -0.25) is 0 Å². The monoisotopic (exact) mass is 316 g/mol. The van der Waals surface area contributed by atoms with E-state index in [1.54, 1.807) is 13.0 Å². The molecule has 2 heterocycles. The lowest BCUT2D eigenvalue weighted by Gasteiger charge is -2.14. The van der Waals surface area contributed by atoms with Crippen LogP contribution in [0.1, 0.15) is 23.9 Å². The lowest BCUT2D eigenvalue weighted by atomic mass is 10.2. The van der Waals surface area contributed by atoms with E-state index in [0.29, 0.717) is 23.3 Å². The number of aryl methyl sites for hydroxylation is 1. The van der Waals surface area contributed by atoms with Crippen LogP contribution in [0.5, 0.6) is 0 Å². The smallest absolute Gasteiger partial charge is 0.152 e. The van der Waals surface area contributed by atoms with Crippen molar-refractivity contribution in [2.45, 2.75) is 25.3 Å². The Morgan fingerprint density at radius 2 is 2.25 bits per heavy atom. The predicted octanol–water partition coefficient (Wildman–Crippen LogP) is 2.58. The van der Waals surface area contributed by atoms with Crippen molar-refractivity contribution >= 4 is 32.5 Å². The number of hydrogen-bond donors (Lipinski definition) is 0. The first kappa shape index (κ1) is 13.8. The second kappa shape index (κ2) is 4.70. The van der Waals surface area contributed by atoms with Crippen molar-refractivity contribution in [2.75, 3.05) is 11.5 Å². The molecule has 4 nitrogen and oxygen atoms in total. The molecule has 1 saturated heterocycles. The Morgan fingerprint density at radius 1 is 1.50 bits per heavy atom. The molecule has 0 radical (unpaired) electrons. The molecular formula is C13H14ClFN2O2S. The van der Waals surface area contributed by atoms with Gasteiger partial charge < -0.3 is 4.57 Å². The Morgan fingerprint density at radius 3 is 2.85 bits per heavy atom. The lowest BCUT2D eigenvalue weighted by molar-refractivity contribution is 0.553. The second-order valence-electron chi connectivity index (χ2n) is 5.18. The molecule has 7 heteroatoms. The summed E-state index contributed by atoms with van der Waals surface area (Å²) in [5.74, 6) is 0.722. The van der Waals surface area contributed by atoms with Gasteiger partial charge in [0, 0.05) is 6.07 Å². The highest BCUT2D eigenvalue weighted by atomic mass is 35.5. The van der Waals surface area contributed by atoms with Crippen LogP contribution in [0, 0.1) is 12.7 Å². The normalized spacial score (nSPS) is 21.6. The van der Waals surface area contributed by atoms with Gasteiger partial charge in [-0.05, 0) is 25.0 Å². The Bertz CT molecular complexity index is 785. The molecule has 1 unspecified atom stereocenters. The summed E-state index contributed by atoms with van der Waals surface area (Å²) in [5, 5.41) is 0. The van der Waals surface area contributed by atoms with Gasteiger partial charge in [0.2, 0.25) is 0 Å². The summed E-state index contributed by atoms with van der Waals surface area (Å²) in [7, 11) is -3.00. The van der Waals surface area contributed by atoms with E-state index in [9.17, 15) is 12.8 Å². The summed E-state index contributed by atoms with van der Waals surface area (Å²) in [6.07, 6.45) is 0.550. The largest absolute Gasteiger partial charge is 0.323 e. The Labute approximate surface area is 121 Å². The topological polar surface area (TPSA) is 52.0 Å². The third-order valence-electron chi connectivity index (χ3n) is 3.74. The first-order chi connectivity index (χ1) is 9.41. The van der Waals surface area contributed by atoms with E-state index in [-0.39, 0.29) is 29.2 Å². The van der Waals surface area contributed by atoms with Gasteiger partial charge >= 0.3 is 0 Å². The highest BCUT2D eigenvalue weighted by Crippen LogP contribution is 2.31. The molecule has 0 spiro atoms. The zero-order chi connectivity index (χ0) is 14.5. The molecule has 0 amide bonds. The zero-order valence-electron chi connectivity index (χ0n) is 10.9. The number of halogens is 2. The van der Waals surface area contributed by atoms with Gasteiger partial charge in [0.05, 0.1) is 34.5 Å². The fraction of sp³-hybridized carbons (Fsp3) is 0.462. The van der Waals surface area contributed by atoms with Crippen LogP contribution in [0.3, 0.4) is 0 Å². The Balaban J connectivity index is 2.20. The van der Waals surface area contributed by atoms with Crippen molar-refractivity contribution in [3.05, 3.63) is 29.3 Å². The molecule has 1 atom stereocenters. The zero-order valence-corrected chi connectivity index (χ0v) is 12.5. The predicted molar refractivity (Wildman–Crippen MR) is 76.3 cm³/mol. The standard InChI is InChI=1S/C13H14ClFN2O2S/c1-8-4-12-11(5-10(8)15)16-13(6-14)17(12)9-2-3-20(18,19)7-9/h4-5,9H,2-3,6-7H2,1H3. The fourth-order valence-electron chi connectivity index (χ4n) is 2.75. The maximum absolute atomic E-state index is 13.6. The van der Waals surface area contributed by atoms with Gasteiger partial charge in [0.15, 0.2) is 9.84 Å². The fourth-order valence-corrected chi connectivity index (χ4v) is 4.64. The van der Waals surface area contributed by atoms with Crippen LogP contribution in [-0.2, 0) is 15.7 Å². The highest BCUT2D eigenvalue weighted by molar-refractivity contribution is 7.91. The van der Waals surface area contributed by atoms with E-state index in [0.717, 1.165) is 5.52 Å². The first-order valence-corrected chi connectivity index (χ1v) is 8.70. The van der Waals surface area contributed by atoms with Crippen molar-refractivity contribution in [3.63, 3.8) is 0 Å². The van der Waals surface area contributed by atoms with Gasteiger partial charge in [-0.1, -0.05) is 0 Å². The van der Waals surface area contributed by atoms with Gasteiger partial charge in [0.25, 0.3) is 0 Å². The minimum Gasteiger partial charge on any atom is -0.323 e. The van der Waals surface area contributed by atoms with Gasteiger partial charge in [-0.15, -0.1) is 11.6 Å². The van der Waals surface area contributed by atoms with Crippen LogP contribution in [0.25, 0.3) is 11.0 Å². The highest BCUT2D eigenvalue weighted by Gasteiger charge is 2.31. The van der Waals surface area contributed by atoms with Crippen molar-refractivity contribution in [3.8, 4) is 0 Å². The molecule has 1 aromatic carbocycles. The summed E-state index contributed by atoms with van der Waals surface area (Å²) < 4.78 is 38.8. The Hall–Kier alpha value is -1.14. The average molecular weight is 317 g/mol. The van der Waals surface area contributed by atoms with Crippen LogP contribution in [0.2, 0.25) is 0 Å². The number of aromatic nitrogens is 2. The number of hydrogen-bond acceptors (Lipinski definition) is 3. The number of benzene rings is 1. The van der Waals surface area contributed by atoms with Crippen molar-refractivity contribution in [1.29, 1.82) is 0 Å². The van der Waals surface area contributed by atoms with Crippen LogP contribution < -0.4 is 0 Å². The minimum absolute atomic E-state index is 0.0960. The van der Waals surface area contributed by atoms with Gasteiger partial charge in [0.1, 0.15) is 11.6 Å². The summed E-state index contributed by atoms with van der Waals surface area (Å²) in [4.78, 5) is 4.32. The SMILES string of the molecule is Cc1cc2c(cc1F)nc(CCl)n2C1CCS(=O)(=O)C1. The maximum atomic E-state index is 13.6. The average Bonchev–Trinajstić information content (AvgIpc) is 2.90. The molecule has 2 aromatic rings. The number of nitrogens with zero attached hydrogens (tertiary/aromatic N) is 2. The molecule has 0 saturated carbocycles. The molecule has 20 heavy (non-hydrogen) atoms. The molecule has 108 valence electrons. The van der Waals surface area contributed by atoms with E-state index >= 15 is 0 Å². The summed E-state index contributed by atoms with van der Waals surface area (Å²) in [5.41, 5.74) is 1.79. The number of sulfone groups is 1. The maximum Gasteiger partial charge on any atom is 0.152 e. The molecule has 3 rings (SSSR count). The number of rotatable bonds is 2. The molecular weight excluding hydrogens is 303 g/mol. The third-order valence-corrected chi connectivity index (χ3v) is 5.73. The molecule has 1 fully saturated rings. The quantitative estimate of drug-likeness (QED) is 0.800. The minimum atomic E-state index is -3.00. The number of alkyl halides is 1. The van der Waals surface area contributed by atoms with E-state index in [2.05, 4.69) is 4.98 Å². The van der Waals surface area contributed by atoms with Crippen LogP contribution in [0.4, 0.5) is 4.39 Å². The van der Waals surface area contributed by atoms with Crippen LogP contribution in [-0.4, -0.2) is 29.5 Å². The lowest BCUT2D eigenvalue weighted by Crippen LogP contribution is -2.13. The Kier molecular flexibility index (Phi) is 3.25.